The number of furan rings is 1. The van der Waals surface area contributed by atoms with E-state index in [4.69, 9.17) is 4.42 Å². The van der Waals surface area contributed by atoms with Gasteiger partial charge in [-0.15, -0.1) is 0 Å². The molecule has 3 aromatic heterocycles. The second-order valence-electron chi connectivity index (χ2n) is 10.7. The van der Waals surface area contributed by atoms with Crippen molar-refractivity contribution < 1.29 is 8.98 Å². The molecule has 0 saturated heterocycles. The Bertz CT molecular complexity index is 1810. The first-order valence-electron chi connectivity index (χ1n) is 11.8. The van der Waals surface area contributed by atoms with Crippen LogP contribution in [-0.4, -0.2) is 0 Å². The van der Waals surface area contributed by atoms with Crippen molar-refractivity contribution in [1.29, 1.82) is 0 Å². The van der Waals surface area contributed by atoms with Crippen LogP contribution in [0.4, 0.5) is 0 Å². The Hall–Kier alpha value is -2.82. The van der Waals surface area contributed by atoms with Crippen LogP contribution >= 0.6 is 23.1 Å². The van der Waals surface area contributed by atoms with Gasteiger partial charge in [0, 0.05) is 26.6 Å². The molecular weight excluding hydrogens is 454 g/mol. The van der Waals surface area contributed by atoms with Gasteiger partial charge in [0.15, 0.2) is 11.1 Å². The summed E-state index contributed by atoms with van der Waals surface area (Å²) in [5.41, 5.74) is 5.79. The van der Waals surface area contributed by atoms with Crippen molar-refractivity contribution in [3.8, 4) is 11.3 Å². The molecule has 34 heavy (non-hydrogen) atoms. The van der Waals surface area contributed by atoms with Crippen molar-refractivity contribution in [2.75, 3.05) is 0 Å². The van der Waals surface area contributed by atoms with Crippen LogP contribution in [0.25, 0.3) is 53.2 Å². The van der Waals surface area contributed by atoms with E-state index in [1.165, 1.54) is 69.2 Å². The fourth-order valence-electron chi connectivity index (χ4n) is 5.70. The minimum atomic E-state index is 0.190. The highest BCUT2D eigenvalue weighted by Gasteiger charge is 2.34. The lowest BCUT2D eigenvalue weighted by molar-refractivity contribution is -0.659. The molecule has 0 saturated carbocycles. The molecule has 4 heterocycles. The predicted molar refractivity (Wildman–Crippen MR) is 145 cm³/mol. The van der Waals surface area contributed by atoms with E-state index in [0.29, 0.717) is 0 Å². The average Bonchev–Trinajstić information content (AvgIpc) is 3.40. The van der Waals surface area contributed by atoms with Crippen molar-refractivity contribution in [2.24, 2.45) is 12.5 Å². The van der Waals surface area contributed by atoms with Crippen molar-refractivity contribution in [3.05, 3.63) is 66.1 Å². The number of fused-ring (bicyclic) bond motifs is 7. The third-order valence-electron chi connectivity index (χ3n) is 7.13. The van der Waals surface area contributed by atoms with Gasteiger partial charge in [-0.25, -0.2) is 4.57 Å². The van der Waals surface area contributed by atoms with E-state index < -0.39 is 0 Å². The molecule has 0 fully saturated rings. The monoisotopic (exact) mass is 480 g/mol. The van der Waals surface area contributed by atoms with Gasteiger partial charge in [-0.05, 0) is 58.2 Å². The summed E-state index contributed by atoms with van der Waals surface area (Å²) >= 11 is 3.77. The summed E-state index contributed by atoms with van der Waals surface area (Å²) in [6, 6.07) is 15.7. The maximum absolute atomic E-state index is 5.84. The summed E-state index contributed by atoms with van der Waals surface area (Å²) in [6.45, 7) is 9.36. The zero-order valence-corrected chi connectivity index (χ0v) is 21.7. The molecule has 0 unspecified atom stereocenters. The Labute approximate surface area is 207 Å². The van der Waals surface area contributed by atoms with Gasteiger partial charge in [-0.1, -0.05) is 68.1 Å². The van der Waals surface area contributed by atoms with Crippen molar-refractivity contribution in [1.82, 2.24) is 0 Å². The molecule has 0 amide bonds. The highest BCUT2D eigenvalue weighted by Crippen LogP contribution is 2.56. The molecule has 0 N–H and O–H groups in total. The smallest absolute Gasteiger partial charge is 0.222 e. The molecule has 0 bridgehead atoms. The number of rotatable bonds is 1. The van der Waals surface area contributed by atoms with Crippen LogP contribution in [0.15, 0.2) is 69.1 Å². The highest BCUT2D eigenvalue weighted by atomic mass is 32.2. The first-order valence-corrected chi connectivity index (χ1v) is 13.4. The molecular formula is C30H26NOS2+. The molecule has 4 heteroatoms. The molecule has 6 aromatic rings. The summed E-state index contributed by atoms with van der Waals surface area (Å²) in [5.74, 6) is 0. The van der Waals surface area contributed by atoms with Gasteiger partial charge >= 0.3 is 0 Å². The van der Waals surface area contributed by atoms with Gasteiger partial charge in [0.25, 0.3) is 0 Å². The Morgan fingerprint density at radius 1 is 0.941 bits per heavy atom. The van der Waals surface area contributed by atoms with Crippen LogP contribution in [-0.2, 0) is 13.5 Å². The Morgan fingerprint density at radius 2 is 1.74 bits per heavy atom. The fraction of sp³-hybridized carbons (Fsp3) is 0.233. The molecule has 0 atom stereocenters. The van der Waals surface area contributed by atoms with Crippen LogP contribution in [0.1, 0.15) is 31.9 Å². The molecule has 2 nitrogen and oxygen atoms in total. The zero-order valence-electron chi connectivity index (χ0n) is 20.1. The van der Waals surface area contributed by atoms with Crippen molar-refractivity contribution >= 4 is 65.0 Å². The third-order valence-corrected chi connectivity index (χ3v) is 9.65. The molecule has 0 spiro atoms. The maximum Gasteiger partial charge on any atom is 0.222 e. The van der Waals surface area contributed by atoms with Crippen LogP contribution in [0.2, 0.25) is 0 Å². The van der Waals surface area contributed by atoms with E-state index in [2.05, 4.69) is 88.0 Å². The number of aromatic nitrogens is 1. The zero-order chi connectivity index (χ0) is 23.4. The number of hydrogen-bond donors (Lipinski definition) is 0. The number of nitrogens with zero attached hydrogens (tertiary/aromatic N) is 1. The summed E-state index contributed by atoms with van der Waals surface area (Å²) in [6.07, 6.45) is 5.08. The van der Waals surface area contributed by atoms with Crippen LogP contribution in [0, 0.1) is 12.3 Å². The average molecular weight is 481 g/mol. The van der Waals surface area contributed by atoms with Crippen LogP contribution in [0.3, 0.4) is 0 Å². The lowest BCUT2D eigenvalue weighted by Gasteiger charge is -2.28. The van der Waals surface area contributed by atoms with E-state index in [1.54, 1.807) is 11.3 Å². The molecule has 7 rings (SSSR count). The predicted octanol–water partition coefficient (Wildman–Crippen LogP) is 8.81. The summed E-state index contributed by atoms with van der Waals surface area (Å²) in [5, 5.41) is 7.98. The summed E-state index contributed by atoms with van der Waals surface area (Å²) in [7, 11) is 2.20. The minimum Gasteiger partial charge on any atom is -0.454 e. The lowest BCUT2D eigenvalue weighted by Crippen LogP contribution is -2.32. The van der Waals surface area contributed by atoms with Gasteiger partial charge in [0.05, 0.1) is 21.9 Å². The maximum atomic E-state index is 5.84. The molecule has 0 radical (unpaired) electrons. The Kier molecular flexibility index (Phi) is 4.15. The van der Waals surface area contributed by atoms with E-state index in [-0.39, 0.29) is 5.41 Å². The summed E-state index contributed by atoms with van der Waals surface area (Å²) < 4.78 is 9.52. The van der Waals surface area contributed by atoms with Crippen molar-refractivity contribution in [2.45, 2.75) is 43.9 Å². The fourth-order valence-corrected chi connectivity index (χ4v) is 8.38. The number of benzene rings is 3. The van der Waals surface area contributed by atoms with Crippen LogP contribution in [0.5, 0.6) is 0 Å². The number of thiophene rings is 1. The van der Waals surface area contributed by atoms with Gasteiger partial charge < -0.3 is 4.42 Å². The minimum absolute atomic E-state index is 0.190. The SMILES string of the molecule is Cc1c2c(c(CC(C)(C)C)c3ccccc13)Sc1c3sc4occc4c3cc3cc[n+](C)c-2c13. The second kappa shape index (κ2) is 6.87. The van der Waals surface area contributed by atoms with Gasteiger partial charge in [0.1, 0.15) is 7.05 Å². The quantitative estimate of drug-likeness (QED) is 0.218. The lowest BCUT2D eigenvalue weighted by atomic mass is 9.83. The van der Waals surface area contributed by atoms with Crippen LogP contribution < -0.4 is 4.57 Å². The number of pyridine rings is 1. The van der Waals surface area contributed by atoms with Gasteiger partial charge in [-0.3, -0.25) is 0 Å². The number of aryl methyl sites for hydroxylation is 2. The Morgan fingerprint density at radius 3 is 2.53 bits per heavy atom. The van der Waals surface area contributed by atoms with Crippen molar-refractivity contribution in [3.63, 3.8) is 0 Å². The molecule has 0 aliphatic carbocycles. The van der Waals surface area contributed by atoms with E-state index in [1.807, 2.05) is 18.0 Å². The highest BCUT2D eigenvalue weighted by molar-refractivity contribution is 8.00. The largest absolute Gasteiger partial charge is 0.454 e. The van der Waals surface area contributed by atoms with Gasteiger partial charge in [0.2, 0.25) is 5.69 Å². The Balaban J connectivity index is 1.70. The third kappa shape index (κ3) is 2.73. The normalized spacial score (nSPS) is 13.4. The molecule has 3 aromatic carbocycles. The van der Waals surface area contributed by atoms with Gasteiger partial charge in [-0.2, -0.15) is 0 Å². The molecule has 1 aliphatic heterocycles. The second-order valence-corrected chi connectivity index (χ2v) is 12.7. The van der Waals surface area contributed by atoms with E-state index in [9.17, 15) is 0 Å². The first kappa shape index (κ1) is 20.5. The topological polar surface area (TPSA) is 17.0 Å². The molecule has 1 aliphatic rings. The van der Waals surface area contributed by atoms with E-state index >= 15 is 0 Å². The first-order chi connectivity index (χ1) is 16.3. The molecule has 168 valence electrons. The van der Waals surface area contributed by atoms with E-state index in [0.717, 1.165) is 11.3 Å². The number of hydrogen-bond acceptors (Lipinski definition) is 3. The summed E-state index contributed by atoms with van der Waals surface area (Å²) in [4.78, 5) is 3.83. The standard InChI is InChI=1S/C30H26NOS2/c1-16-18-8-6-7-9-19(18)22(15-30(2,3)4)26-23(16)25-24-17(10-12-31(25)5)14-21-20-11-13-32-29(20)34-27(21)28(24)33-26/h6-14H,15H2,1-5H3/q+1.